The predicted molar refractivity (Wildman–Crippen MR) is 268 cm³/mol. The summed E-state index contributed by atoms with van der Waals surface area (Å²) in [4.78, 5) is 0. The van der Waals surface area contributed by atoms with Crippen LogP contribution < -0.4 is 10.4 Å². The minimum atomic E-state index is -0.615. The highest BCUT2D eigenvalue weighted by molar-refractivity contribution is 6.03. The van der Waals surface area contributed by atoms with Crippen molar-refractivity contribution in [3.63, 3.8) is 0 Å². The van der Waals surface area contributed by atoms with Crippen molar-refractivity contribution in [1.82, 2.24) is 0 Å². The second kappa shape index (κ2) is 13.6. The van der Waals surface area contributed by atoms with Gasteiger partial charge in [-0.05, 0) is 136 Å². The first-order valence-electron chi connectivity index (χ1n) is 23.2. The van der Waals surface area contributed by atoms with E-state index in [4.69, 9.17) is 0 Å². The Kier molecular flexibility index (Phi) is 7.67. The van der Waals surface area contributed by atoms with Crippen molar-refractivity contribution in [1.29, 1.82) is 0 Å². The van der Waals surface area contributed by atoms with Crippen LogP contribution in [-0.2, 0) is 29.1 Å². The average molecular weight is 825 g/mol. The van der Waals surface area contributed by atoms with E-state index in [1.807, 2.05) is 0 Å². The topological polar surface area (TPSA) is 0 Å². The van der Waals surface area contributed by atoms with Gasteiger partial charge in [-0.15, -0.1) is 0 Å². The molecule has 6 aliphatic rings. The maximum absolute atomic E-state index is 2.62. The lowest BCUT2D eigenvalue weighted by Crippen LogP contribution is -2.45. The SMILES string of the molecule is C1=CC(c2ccccc2)(c2ccccc2)C=C2Cc3cc4c(cc3=C12)C=C1C(=CC=4)C2(C3=C(c4ccccc4C3)C1(c1ccccc1)c1ccccc1)c1ccccc1-c1ccccc12. The van der Waals surface area contributed by atoms with Crippen LogP contribution in [0.15, 0.2) is 253 Å². The minimum absolute atomic E-state index is 0.343. The molecule has 0 unspecified atom stereocenters. The molecule has 0 amide bonds. The van der Waals surface area contributed by atoms with E-state index in [2.05, 4.69) is 243 Å². The molecule has 1 spiro atoms. The average Bonchev–Trinajstić information content (AvgIpc) is 3.98. The molecule has 0 atom stereocenters. The molecule has 0 heteroatoms. The van der Waals surface area contributed by atoms with Gasteiger partial charge in [-0.2, -0.15) is 0 Å². The largest absolute Gasteiger partial charge is 0.0711 e. The van der Waals surface area contributed by atoms with E-state index in [9.17, 15) is 0 Å². The van der Waals surface area contributed by atoms with E-state index in [1.54, 1.807) is 0 Å². The van der Waals surface area contributed by atoms with Crippen molar-refractivity contribution in [2.75, 3.05) is 0 Å². The molecule has 304 valence electrons. The third-order valence-electron chi connectivity index (χ3n) is 15.7. The molecule has 0 N–H and O–H groups in total. The van der Waals surface area contributed by atoms with Gasteiger partial charge in [-0.3, -0.25) is 0 Å². The van der Waals surface area contributed by atoms with Gasteiger partial charge in [-0.25, -0.2) is 0 Å². The molecule has 0 saturated carbocycles. The van der Waals surface area contributed by atoms with Gasteiger partial charge in [0, 0.05) is 0 Å². The second-order valence-corrected chi connectivity index (χ2v) is 18.6. The van der Waals surface area contributed by atoms with E-state index >= 15 is 0 Å². The highest BCUT2D eigenvalue weighted by atomic mass is 14.6. The number of benzene rings is 8. The first-order chi connectivity index (χ1) is 32.2. The zero-order valence-corrected chi connectivity index (χ0v) is 36.0. The normalized spacial score (nSPS) is 18.0. The van der Waals surface area contributed by atoms with Crippen molar-refractivity contribution in [2.45, 2.75) is 29.1 Å². The summed E-state index contributed by atoms with van der Waals surface area (Å²) in [5, 5.41) is 2.61. The molecule has 6 aliphatic carbocycles. The Bertz CT molecular complexity index is 3490. The predicted octanol–water partition coefficient (Wildman–Crippen LogP) is 13.0. The summed E-state index contributed by atoms with van der Waals surface area (Å²) in [6, 6.07) is 77.7. The van der Waals surface area contributed by atoms with Crippen LogP contribution in [0.1, 0.15) is 55.6 Å². The van der Waals surface area contributed by atoms with Crippen LogP contribution in [0.5, 0.6) is 0 Å². The zero-order chi connectivity index (χ0) is 42.7. The molecule has 0 nitrogen and oxygen atoms in total. The van der Waals surface area contributed by atoms with Gasteiger partial charge < -0.3 is 0 Å². The van der Waals surface area contributed by atoms with Crippen molar-refractivity contribution in [3.8, 4) is 11.1 Å². The van der Waals surface area contributed by atoms with Crippen LogP contribution in [0.2, 0.25) is 0 Å². The van der Waals surface area contributed by atoms with Crippen molar-refractivity contribution < 1.29 is 0 Å². The summed E-state index contributed by atoms with van der Waals surface area (Å²) < 4.78 is 0. The molecule has 0 heterocycles. The first kappa shape index (κ1) is 36.7. The van der Waals surface area contributed by atoms with Gasteiger partial charge in [0.1, 0.15) is 0 Å². The zero-order valence-electron chi connectivity index (χ0n) is 36.0. The number of fused-ring (bicyclic) bond motifs is 13. The summed E-state index contributed by atoms with van der Waals surface area (Å²) in [6.07, 6.45) is 16.8. The van der Waals surface area contributed by atoms with Gasteiger partial charge in [0.2, 0.25) is 0 Å². The van der Waals surface area contributed by atoms with Crippen molar-refractivity contribution in [2.24, 2.45) is 0 Å². The highest BCUT2D eigenvalue weighted by Gasteiger charge is 2.61. The number of rotatable bonds is 4. The Hall–Kier alpha value is -7.80. The lowest BCUT2D eigenvalue weighted by Gasteiger charge is -2.52. The fourth-order valence-electron chi connectivity index (χ4n) is 13.2. The van der Waals surface area contributed by atoms with Crippen molar-refractivity contribution in [3.05, 3.63) is 319 Å². The molecule has 0 radical (unpaired) electrons. The second-order valence-electron chi connectivity index (χ2n) is 18.6. The van der Waals surface area contributed by atoms with Gasteiger partial charge >= 0.3 is 0 Å². The van der Waals surface area contributed by atoms with Crippen LogP contribution in [0.4, 0.5) is 0 Å². The molecule has 0 bridgehead atoms. The molecule has 0 aromatic heterocycles. The smallest absolute Gasteiger partial charge is 0.0652 e. The van der Waals surface area contributed by atoms with Crippen molar-refractivity contribution >= 4 is 23.3 Å². The van der Waals surface area contributed by atoms with E-state index in [0.717, 1.165) is 12.8 Å². The number of hydrogen-bond acceptors (Lipinski definition) is 0. The molecule has 8 aromatic rings. The molecular formula is C65H44. The molecule has 0 aliphatic heterocycles. The van der Waals surface area contributed by atoms with Crippen LogP contribution in [-0.4, -0.2) is 0 Å². The van der Waals surface area contributed by atoms with E-state index in [-0.39, 0.29) is 5.41 Å². The minimum Gasteiger partial charge on any atom is -0.0652 e. The molecule has 0 fully saturated rings. The summed E-state index contributed by atoms with van der Waals surface area (Å²) >= 11 is 0. The molecular weight excluding hydrogens is 781 g/mol. The quantitative estimate of drug-likeness (QED) is 0.166. The Morgan fingerprint density at radius 2 is 0.954 bits per heavy atom. The molecule has 65 heavy (non-hydrogen) atoms. The van der Waals surface area contributed by atoms with Gasteiger partial charge in [-0.1, -0.05) is 231 Å². The summed E-state index contributed by atoms with van der Waals surface area (Å²) in [7, 11) is 0. The Morgan fingerprint density at radius 3 is 1.57 bits per heavy atom. The van der Waals surface area contributed by atoms with Gasteiger partial charge in [0.05, 0.1) is 16.2 Å². The molecule has 8 aromatic carbocycles. The molecule has 0 saturated heterocycles. The van der Waals surface area contributed by atoms with Crippen LogP contribution >= 0.6 is 0 Å². The summed E-state index contributed by atoms with van der Waals surface area (Å²) in [5.41, 5.74) is 22.9. The fraction of sp³-hybridized carbons (Fsp3) is 0.0769. The lowest BCUT2D eigenvalue weighted by atomic mass is 9.49. The van der Waals surface area contributed by atoms with Crippen LogP contribution in [0.25, 0.3) is 34.4 Å². The Labute approximate surface area is 380 Å². The maximum atomic E-state index is 2.62. The number of hydrogen-bond donors (Lipinski definition) is 0. The Morgan fingerprint density at radius 1 is 0.415 bits per heavy atom. The maximum Gasteiger partial charge on any atom is 0.0711 e. The first-order valence-corrected chi connectivity index (χ1v) is 23.2. The Balaban J connectivity index is 1.09. The monoisotopic (exact) mass is 824 g/mol. The number of allylic oxidation sites excluding steroid dienone is 9. The molecule has 14 rings (SSSR count). The third-order valence-corrected chi connectivity index (χ3v) is 15.7. The highest BCUT2D eigenvalue weighted by Crippen LogP contribution is 2.70. The van der Waals surface area contributed by atoms with E-state index < -0.39 is 10.8 Å². The lowest BCUT2D eigenvalue weighted by molar-refractivity contribution is 0.640. The van der Waals surface area contributed by atoms with Gasteiger partial charge in [0.25, 0.3) is 0 Å². The van der Waals surface area contributed by atoms with Crippen LogP contribution in [0.3, 0.4) is 0 Å². The standard InChI is InChI=1S/C65H44/c1-5-20-48(21-6-1)63(49-22-7-2-8-23-49)36-35-52-47(42-63)38-46-37-43-33-34-59-60(41-45(43)39-56(46)52)64(50-24-9-3-10-25-50,51-26-11-4-12-27-51)62-53-28-14-13-19-44(53)40-61(62)65(59)57-31-17-15-29-54(57)55-30-16-18-32-58(55)65/h1-37,39,41-42H,38,40H2. The van der Waals surface area contributed by atoms with E-state index in [0.29, 0.717) is 0 Å². The summed E-state index contributed by atoms with van der Waals surface area (Å²) in [6.45, 7) is 0. The van der Waals surface area contributed by atoms with Gasteiger partial charge in [0.15, 0.2) is 0 Å². The van der Waals surface area contributed by atoms with E-state index in [1.165, 1.54) is 111 Å². The van der Waals surface area contributed by atoms with Crippen LogP contribution in [0, 0.1) is 0 Å². The third kappa shape index (κ3) is 4.81. The fourth-order valence-corrected chi connectivity index (χ4v) is 13.2. The summed E-state index contributed by atoms with van der Waals surface area (Å²) in [5.74, 6) is 0.